The molecule has 170 valence electrons. The summed E-state index contributed by atoms with van der Waals surface area (Å²) in [6, 6.07) is 1.95. The number of rotatable bonds is 6. The van der Waals surface area contributed by atoms with E-state index in [4.69, 9.17) is 9.57 Å². The second kappa shape index (κ2) is 9.50. The number of ether oxygens (including phenoxy) is 1. The number of benzene rings is 1. The van der Waals surface area contributed by atoms with Gasteiger partial charge < -0.3 is 9.64 Å². The van der Waals surface area contributed by atoms with E-state index in [1.165, 1.54) is 11.8 Å². The van der Waals surface area contributed by atoms with Crippen LogP contribution in [0.2, 0.25) is 0 Å². The maximum atomic E-state index is 14.8. The number of hydroxylamine groups is 2. The highest BCUT2D eigenvalue weighted by molar-refractivity contribution is 5.90. The Hall–Kier alpha value is -2.89. The summed E-state index contributed by atoms with van der Waals surface area (Å²) >= 11 is 0. The first-order chi connectivity index (χ1) is 14.7. The Bertz CT molecular complexity index is 846. The molecule has 0 N–H and O–H groups in total. The van der Waals surface area contributed by atoms with Crippen LogP contribution < -0.4 is 9.80 Å². The third-order valence-corrected chi connectivity index (χ3v) is 4.99. The van der Waals surface area contributed by atoms with Crippen LogP contribution in [0.15, 0.2) is 12.1 Å². The Morgan fingerprint density at radius 2 is 1.84 bits per heavy atom. The molecule has 2 amide bonds. The lowest BCUT2D eigenvalue weighted by Crippen LogP contribution is -2.33. The van der Waals surface area contributed by atoms with Crippen LogP contribution in [0.5, 0.6) is 0 Å². The molecule has 1 atom stereocenters. The molecule has 2 fully saturated rings. The van der Waals surface area contributed by atoms with E-state index in [1.54, 1.807) is 0 Å². The fraction of sp³-hybridized carbons (Fsp3) is 0.526. The molecule has 0 spiro atoms. The van der Waals surface area contributed by atoms with Gasteiger partial charge in [-0.25, -0.2) is 27.4 Å². The van der Waals surface area contributed by atoms with Crippen LogP contribution in [0.1, 0.15) is 19.8 Å². The maximum absolute atomic E-state index is 14.8. The lowest BCUT2D eigenvalue weighted by molar-refractivity contribution is -0.179. The highest BCUT2D eigenvalue weighted by Gasteiger charge is 2.34. The van der Waals surface area contributed by atoms with Gasteiger partial charge in [0.1, 0.15) is 11.8 Å². The van der Waals surface area contributed by atoms with Crippen LogP contribution in [0, 0.1) is 11.6 Å². The van der Waals surface area contributed by atoms with Gasteiger partial charge in [0, 0.05) is 38.6 Å². The predicted octanol–water partition coefficient (Wildman–Crippen LogP) is 2.50. The van der Waals surface area contributed by atoms with Crippen LogP contribution in [0.4, 0.5) is 33.7 Å². The number of hydrogen-bond donors (Lipinski definition) is 0. The van der Waals surface area contributed by atoms with E-state index in [-0.39, 0.29) is 56.5 Å². The highest BCUT2D eigenvalue weighted by atomic mass is 19.3. The van der Waals surface area contributed by atoms with E-state index in [0.717, 1.165) is 22.1 Å². The smallest absolute Gasteiger partial charge is 0.414 e. The Morgan fingerprint density at radius 3 is 2.45 bits per heavy atom. The molecule has 0 saturated carbocycles. The third kappa shape index (κ3) is 5.24. The van der Waals surface area contributed by atoms with E-state index >= 15 is 0 Å². The molecular weight excluding hydrogens is 426 g/mol. The summed E-state index contributed by atoms with van der Waals surface area (Å²) in [7, 11) is 0. The molecule has 8 nitrogen and oxygen atoms in total. The SMILES string of the molecule is CC(=O)N1CCN(c2c(F)cc(N3C[C@H](CCC(=O)C(F)F)OC3=O)cc2F)CCO1. The van der Waals surface area contributed by atoms with Gasteiger partial charge in [-0.15, -0.1) is 0 Å². The number of halogens is 4. The largest absolute Gasteiger partial charge is 0.444 e. The minimum atomic E-state index is -3.10. The third-order valence-electron chi connectivity index (χ3n) is 4.99. The van der Waals surface area contributed by atoms with E-state index in [1.807, 2.05) is 0 Å². The molecule has 2 aliphatic rings. The standard InChI is InChI=1S/C19H21F4N3O5/c1-11(27)26-5-4-24(6-7-30-26)17-14(20)8-12(9-15(17)21)25-10-13(31-19(25)29)2-3-16(28)18(22)23/h8-9,13,18H,2-7,10H2,1H3/t13-/m0/s1. The summed E-state index contributed by atoms with van der Waals surface area (Å²) in [6.45, 7) is 1.64. The van der Waals surface area contributed by atoms with Gasteiger partial charge in [0.25, 0.3) is 6.43 Å². The summed E-state index contributed by atoms with van der Waals surface area (Å²) in [4.78, 5) is 42.2. The number of amides is 2. The summed E-state index contributed by atoms with van der Waals surface area (Å²) in [5.41, 5.74) is -0.410. The minimum Gasteiger partial charge on any atom is -0.444 e. The maximum Gasteiger partial charge on any atom is 0.414 e. The molecule has 0 bridgehead atoms. The van der Waals surface area contributed by atoms with Gasteiger partial charge in [0.05, 0.1) is 25.4 Å². The minimum absolute atomic E-state index is 0.0533. The van der Waals surface area contributed by atoms with E-state index in [9.17, 15) is 31.9 Å². The second-order valence-electron chi connectivity index (χ2n) is 7.12. The average Bonchev–Trinajstić information content (AvgIpc) is 2.90. The van der Waals surface area contributed by atoms with Crippen molar-refractivity contribution in [2.45, 2.75) is 32.3 Å². The van der Waals surface area contributed by atoms with Gasteiger partial charge in [0.2, 0.25) is 5.91 Å². The molecule has 2 aliphatic heterocycles. The van der Waals surface area contributed by atoms with Crippen molar-refractivity contribution in [1.82, 2.24) is 5.06 Å². The number of cyclic esters (lactones) is 1. The van der Waals surface area contributed by atoms with Gasteiger partial charge >= 0.3 is 6.09 Å². The van der Waals surface area contributed by atoms with Crippen molar-refractivity contribution in [3.63, 3.8) is 0 Å². The predicted molar refractivity (Wildman–Crippen MR) is 99.8 cm³/mol. The quantitative estimate of drug-likeness (QED) is 0.624. The fourth-order valence-electron chi connectivity index (χ4n) is 3.43. The van der Waals surface area contributed by atoms with Gasteiger partial charge in [-0.1, -0.05) is 0 Å². The Labute approximate surface area is 175 Å². The number of Topliss-reactive ketones (excluding diaryl/α,β-unsaturated/α-hetero) is 1. The molecule has 31 heavy (non-hydrogen) atoms. The average molecular weight is 447 g/mol. The van der Waals surface area contributed by atoms with Crippen molar-refractivity contribution in [2.75, 3.05) is 42.6 Å². The van der Waals surface area contributed by atoms with Crippen LogP contribution in [0.3, 0.4) is 0 Å². The van der Waals surface area contributed by atoms with E-state index < -0.39 is 42.5 Å². The first-order valence-electron chi connectivity index (χ1n) is 9.61. The van der Waals surface area contributed by atoms with Crippen LogP contribution in [-0.2, 0) is 19.2 Å². The van der Waals surface area contributed by atoms with E-state index in [2.05, 4.69) is 0 Å². The van der Waals surface area contributed by atoms with Crippen molar-refractivity contribution in [1.29, 1.82) is 0 Å². The summed E-state index contributed by atoms with van der Waals surface area (Å²) < 4.78 is 59.2. The zero-order valence-electron chi connectivity index (χ0n) is 16.7. The fourth-order valence-corrected chi connectivity index (χ4v) is 3.43. The summed E-state index contributed by atoms with van der Waals surface area (Å²) in [6.07, 6.45) is -5.42. The molecule has 2 saturated heterocycles. The number of nitrogens with zero attached hydrogens (tertiary/aromatic N) is 3. The normalized spacial score (nSPS) is 19.6. The van der Waals surface area contributed by atoms with E-state index in [0.29, 0.717) is 0 Å². The molecule has 1 aromatic carbocycles. The van der Waals surface area contributed by atoms with Crippen molar-refractivity contribution >= 4 is 29.2 Å². The Morgan fingerprint density at radius 1 is 1.16 bits per heavy atom. The first kappa shape index (κ1) is 22.8. The number of alkyl halides is 2. The number of anilines is 2. The van der Waals surface area contributed by atoms with Crippen LogP contribution >= 0.6 is 0 Å². The number of carbonyl (C=O) groups is 3. The molecular formula is C19H21F4N3O5. The van der Waals surface area contributed by atoms with Crippen LogP contribution in [0.25, 0.3) is 0 Å². The van der Waals surface area contributed by atoms with Crippen molar-refractivity contribution in [3.8, 4) is 0 Å². The lowest BCUT2D eigenvalue weighted by atomic mass is 10.1. The van der Waals surface area contributed by atoms with Gasteiger partial charge in [-0.2, -0.15) is 0 Å². The monoisotopic (exact) mass is 447 g/mol. The van der Waals surface area contributed by atoms with Gasteiger partial charge in [-0.3, -0.25) is 19.3 Å². The molecule has 3 rings (SSSR count). The van der Waals surface area contributed by atoms with Crippen LogP contribution in [-0.4, -0.2) is 68.2 Å². The Kier molecular flexibility index (Phi) is 6.98. The highest BCUT2D eigenvalue weighted by Crippen LogP contribution is 2.32. The van der Waals surface area contributed by atoms with Gasteiger partial charge in [0.15, 0.2) is 17.4 Å². The lowest BCUT2D eigenvalue weighted by Gasteiger charge is -2.24. The first-order valence-corrected chi connectivity index (χ1v) is 9.61. The van der Waals surface area contributed by atoms with Crippen molar-refractivity contribution < 1.29 is 41.5 Å². The summed E-state index contributed by atoms with van der Waals surface area (Å²) in [5.74, 6) is -3.43. The van der Waals surface area contributed by atoms with Crippen molar-refractivity contribution in [3.05, 3.63) is 23.8 Å². The molecule has 1 aromatic rings. The topological polar surface area (TPSA) is 79.4 Å². The molecule has 12 heteroatoms. The van der Waals surface area contributed by atoms with Crippen molar-refractivity contribution in [2.24, 2.45) is 0 Å². The molecule has 0 radical (unpaired) electrons. The molecule has 0 unspecified atom stereocenters. The summed E-state index contributed by atoms with van der Waals surface area (Å²) in [5, 5.41) is 1.11. The Balaban J connectivity index is 1.71. The molecule has 0 aliphatic carbocycles. The zero-order chi connectivity index (χ0) is 22.7. The number of ketones is 1. The van der Waals surface area contributed by atoms with Gasteiger partial charge in [-0.05, 0) is 6.42 Å². The molecule has 2 heterocycles. The molecule has 0 aromatic heterocycles. The second-order valence-corrected chi connectivity index (χ2v) is 7.12. The number of carbonyl (C=O) groups excluding carboxylic acids is 3. The zero-order valence-corrected chi connectivity index (χ0v) is 16.7. The number of hydrogen-bond acceptors (Lipinski definition) is 6.